The van der Waals surface area contributed by atoms with Gasteiger partial charge in [0.05, 0.1) is 12.8 Å². The Morgan fingerprint density at radius 3 is 2.92 bits per heavy atom. The van der Waals surface area contributed by atoms with E-state index in [1.165, 1.54) is 36.0 Å². The van der Waals surface area contributed by atoms with Crippen LogP contribution < -0.4 is 11.1 Å². The molecule has 0 radical (unpaired) electrons. The maximum atomic E-state index is 14.7. The minimum absolute atomic E-state index is 0.0880. The van der Waals surface area contributed by atoms with Crippen LogP contribution in [0.5, 0.6) is 0 Å². The predicted molar refractivity (Wildman–Crippen MR) is 87.7 cm³/mol. The van der Waals surface area contributed by atoms with Crippen molar-refractivity contribution < 1.29 is 23.9 Å². The number of amides is 2. The number of carbonyl (C=O) groups excluding carboxylic acids is 2. The lowest BCUT2D eigenvalue weighted by molar-refractivity contribution is -0.126. The Hall–Kier alpha value is -3.43. The van der Waals surface area contributed by atoms with Gasteiger partial charge in [-0.05, 0) is 30.7 Å². The number of nitrogens with one attached hydrogen (secondary N) is 1. The number of nitrogens with zero attached hydrogens (tertiary/aromatic N) is 3. The number of nitrogens with two attached hydrogens (primary N) is 1. The highest BCUT2D eigenvalue weighted by Crippen LogP contribution is 2.32. The summed E-state index contributed by atoms with van der Waals surface area (Å²) in [6.07, 6.45) is 1.09. The van der Waals surface area contributed by atoms with Crippen LogP contribution in [0.15, 0.2) is 35.6 Å². The van der Waals surface area contributed by atoms with E-state index in [1.54, 1.807) is 0 Å². The van der Waals surface area contributed by atoms with Crippen molar-refractivity contribution in [1.29, 1.82) is 0 Å². The van der Waals surface area contributed by atoms with E-state index in [-0.39, 0.29) is 17.8 Å². The normalized spacial score (nSPS) is 19.2. The summed E-state index contributed by atoms with van der Waals surface area (Å²) in [6, 6.07) is 5.65. The number of benzene rings is 1. The standard InChI is InChI=1S/C16H16FN5O4/c1-16(14(18)23,13-8-19-15(24)26-13)9-2-3-12(11(17)6-9)22-5-4-10(21-22)7-20-25/h2-7,13,25H,8H2,1H3,(H2,18,23)(H,19,24). The van der Waals surface area contributed by atoms with Gasteiger partial charge in [0.25, 0.3) is 0 Å². The zero-order valence-corrected chi connectivity index (χ0v) is 13.7. The van der Waals surface area contributed by atoms with Gasteiger partial charge in [-0.3, -0.25) is 4.79 Å². The summed E-state index contributed by atoms with van der Waals surface area (Å²) in [5.41, 5.74) is 4.86. The summed E-state index contributed by atoms with van der Waals surface area (Å²) < 4.78 is 21.0. The topological polar surface area (TPSA) is 132 Å². The number of rotatable bonds is 5. The van der Waals surface area contributed by atoms with Gasteiger partial charge in [-0.2, -0.15) is 5.10 Å². The molecule has 1 fully saturated rings. The van der Waals surface area contributed by atoms with Gasteiger partial charge in [-0.1, -0.05) is 11.2 Å². The summed E-state index contributed by atoms with van der Waals surface area (Å²) in [4.78, 5) is 23.4. The summed E-state index contributed by atoms with van der Waals surface area (Å²) >= 11 is 0. The van der Waals surface area contributed by atoms with Crippen LogP contribution in [-0.2, 0) is 14.9 Å². The van der Waals surface area contributed by atoms with Crippen molar-refractivity contribution in [3.63, 3.8) is 0 Å². The molecular weight excluding hydrogens is 345 g/mol. The molecule has 3 rings (SSSR count). The molecule has 2 heterocycles. The number of primary amides is 1. The van der Waals surface area contributed by atoms with Gasteiger partial charge in [0, 0.05) is 6.20 Å². The molecule has 2 atom stereocenters. The Morgan fingerprint density at radius 2 is 2.35 bits per heavy atom. The van der Waals surface area contributed by atoms with E-state index in [4.69, 9.17) is 15.7 Å². The Bertz CT molecular complexity index is 897. The summed E-state index contributed by atoms with van der Waals surface area (Å²) in [5.74, 6) is -1.39. The van der Waals surface area contributed by atoms with Crippen LogP contribution in [0.25, 0.3) is 5.69 Å². The summed E-state index contributed by atoms with van der Waals surface area (Å²) in [5, 5.41) is 17.9. The van der Waals surface area contributed by atoms with Gasteiger partial charge < -0.3 is 21.0 Å². The average Bonchev–Trinajstić information content (AvgIpc) is 3.23. The average molecular weight is 361 g/mol. The van der Waals surface area contributed by atoms with E-state index < -0.39 is 29.3 Å². The molecule has 1 aliphatic rings. The number of hydrogen-bond donors (Lipinski definition) is 3. The monoisotopic (exact) mass is 361 g/mol. The third-order valence-electron chi connectivity index (χ3n) is 4.43. The maximum absolute atomic E-state index is 14.7. The third-order valence-corrected chi connectivity index (χ3v) is 4.43. The maximum Gasteiger partial charge on any atom is 0.407 e. The second-order valence-electron chi connectivity index (χ2n) is 5.94. The zero-order chi connectivity index (χ0) is 18.9. The number of oxime groups is 1. The second kappa shape index (κ2) is 6.47. The first-order valence-electron chi connectivity index (χ1n) is 7.64. The Kier molecular flexibility index (Phi) is 4.33. The van der Waals surface area contributed by atoms with E-state index in [0.29, 0.717) is 5.69 Å². The predicted octanol–water partition coefficient (Wildman–Crippen LogP) is 0.671. The molecule has 1 saturated heterocycles. The van der Waals surface area contributed by atoms with Crippen molar-refractivity contribution in [3.05, 3.63) is 47.5 Å². The molecule has 4 N–H and O–H groups in total. The van der Waals surface area contributed by atoms with Crippen LogP contribution >= 0.6 is 0 Å². The Balaban J connectivity index is 1.99. The van der Waals surface area contributed by atoms with E-state index in [0.717, 1.165) is 12.3 Å². The molecular formula is C16H16FN5O4. The molecule has 1 aliphatic heterocycles. The quantitative estimate of drug-likeness (QED) is 0.409. The van der Waals surface area contributed by atoms with Crippen LogP contribution in [-0.4, -0.2) is 45.9 Å². The molecule has 1 aromatic heterocycles. The van der Waals surface area contributed by atoms with Gasteiger partial charge in [-0.25, -0.2) is 13.9 Å². The fourth-order valence-electron chi connectivity index (χ4n) is 2.81. The molecule has 0 bridgehead atoms. The summed E-state index contributed by atoms with van der Waals surface area (Å²) in [7, 11) is 0. The third kappa shape index (κ3) is 2.85. The highest BCUT2D eigenvalue weighted by Gasteiger charge is 2.47. The van der Waals surface area contributed by atoms with Crippen LogP contribution in [0, 0.1) is 5.82 Å². The van der Waals surface area contributed by atoms with E-state index in [2.05, 4.69) is 15.6 Å². The minimum atomic E-state index is -1.41. The Morgan fingerprint density at radius 1 is 1.58 bits per heavy atom. The molecule has 0 saturated carbocycles. The largest absolute Gasteiger partial charge is 0.443 e. The number of hydrogen-bond acceptors (Lipinski definition) is 6. The molecule has 136 valence electrons. The number of aromatic nitrogens is 2. The van der Waals surface area contributed by atoms with Crippen molar-refractivity contribution in [3.8, 4) is 5.69 Å². The van der Waals surface area contributed by atoms with E-state index in [9.17, 15) is 14.0 Å². The van der Waals surface area contributed by atoms with E-state index in [1.807, 2.05) is 0 Å². The van der Waals surface area contributed by atoms with Crippen molar-refractivity contribution in [2.75, 3.05) is 6.54 Å². The van der Waals surface area contributed by atoms with Crippen LogP contribution in [0.4, 0.5) is 9.18 Å². The zero-order valence-electron chi connectivity index (χ0n) is 13.7. The number of ether oxygens (including phenoxy) is 1. The molecule has 1 aromatic carbocycles. The van der Waals surface area contributed by atoms with Crippen molar-refractivity contribution in [1.82, 2.24) is 15.1 Å². The number of cyclic esters (lactones) is 1. The lowest BCUT2D eigenvalue weighted by atomic mass is 9.76. The number of halogens is 1. The molecule has 2 unspecified atom stereocenters. The fourth-order valence-corrected chi connectivity index (χ4v) is 2.81. The van der Waals surface area contributed by atoms with Crippen molar-refractivity contribution >= 4 is 18.2 Å². The van der Waals surface area contributed by atoms with Gasteiger partial charge in [0.2, 0.25) is 5.91 Å². The molecule has 2 amide bonds. The lowest BCUT2D eigenvalue weighted by Gasteiger charge is -2.31. The Labute approximate surface area is 147 Å². The van der Waals surface area contributed by atoms with Crippen LogP contribution in [0.1, 0.15) is 18.2 Å². The smallest absolute Gasteiger partial charge is 0.407 e. The number of alkyl carbamates (subject to hydrolysis) is 1. The summed E-state index contributed by atoms with van der Waals surface area (Å²) in [6.45, 7) is 1.59. The first-order chi connectivity index (χ1) is 12.4. The molecule has 2 aromatic rings. The van der Waals surface area contributed by atoms with Crippen molar-refractivity contribution in [2.45, 2.75) is 18.4 Å². The first kappa shape index (κ1) is 17.4. The SMILES string of the molecule is CC(C(N)=O)(c1ccc(-n2ccc(C=NO)n2)c(F)c1)C1CNC(=O)O1. The second-order valence-corrected chi connectivity index (χ2v) is 5.94. The highest BCUT2D eigenvalue weighted by atomic mass is 19.1. The molecule has 26 heavy (non-hydrogen) atoms. The highest BCUT2D eigenvalue weighted by molar-refractivity contribution is 5.88. The first-order valence-corrected chi connectivity index (χ1v) is 7.64. The molecule has 10 heteroatoms. The van der Waals surface area contributed by atoms with Crippen LogP contribution in [0.3, 0.4) is 0 Å². The van der Waals surface area contributed by atoms with Gasteiger partial charge in [-0.15, -0.1) is 0 Å². The lowest BCUT2D eigenvalue weighted by Crippen LogP contribution is -2.49. The van der Waals surface area contributed by atoms with Gasteiger partial charge in [0.15, 0.2) is 0 Å². The van der Waals surface area contributed by atoms with E-state index >= 15 is 0 Å². The number of carbonyl (C=O) groups is 2. The van der Waals surface area contributed by atoms with Gasteiger partial charge in [0.1, 0.15) is 28.7 Å². The molecule has 9 nitrogen and oxygen atoms in total. The van der Waals surface area contributed by atoms with Crippen LogP contribution in [0.2, 0.25) is 0 Å². The van der Waals surface area contributed by atoms with Crippen molar-refractivity contribution in [2.24, 2.45) is 10.9 Å². The fraction of sp³-hybridized carbons (Fsp3) is 0.250. The van der Waals surface area contributed by atoms with Gasteiger partial charge >= 0.3 is 6.09 Å². The molecule has 0 aliphatic carbocycles. The molecule has 0 spiro atoms. The minimum Gasteiger partial charge on any atom is -0.443 e.